The van der Waals surface area contributed by atoms with Gasteiger partial charge in [0.25, 0.3) is 5.91 Å². The number of rotatable bonds is 11. The number of ketones is 1. The summed E-state index contributed by atoms with van der Waals surface area (Å²) in [7, 11) is 0. The van der Waals surface area contributed by atoms with Crippen LogP contribution in [-0.2, 0) is 14.4 Å². The van der Waals surface area contributed by atoms with Gasteiger partial charge < -0.3 is 31.3 Å². The van der Waals surface area contributed by atoms with Gasteiger partial charge >= 0.3 is 0 Å². The highest BCUT2D eigenvalue weighted by Gasteiger charge is 2.36. The number of nitrogens with two attached hydrogens (primary N) is 1. The highest BCUT2D eigenvalue weighted by atomic mass is 16.4. The Bertz CT molecular complexity index is 539. The molecule has 7 atom stereocenters. The Balaban J connectivity index is 4.88. The lowest BCUT2D eigenvalue weighted by atomic mass is 9.85. The SMILES string of the molecule is CCC=CC(=O)C(C)[C@H](C)[C@H](N)C(=O)NC(=O)[C@H](O)[C@@H](O)[C@H](O)[C@H](O)CO. The fraction of sp³-hybridized carbons (Fsp3) is 0.706. The highest BCUT2D eigenvalue weighted by Crippen LogP contribution is 2.16. The van der Waals surface area contributed by atoms with Crippen molar-refractivity contribution in [2.24, 2.45) is 17.6 Å². The molecule has 8 N–H and O–H groups in total. The van der Waals surface area contributed by atoms with Crippen molar-refractivity contribution < 1.29 is 39.9 Å². The van der Waals surface area contributed by atoms with Crippen molar-refractivity contribution in [1.29, 1.82) is 0 Å². The van der Waals surface area contributed by atoms with Crippen molar-refractivity contribution in [2.75, 3.05) is 6.61 Å². The molecular formula is C17H30N2O8. The molecule has 0 heterocycles. The molecule has 0 aromatic heterocycles. The average molecular weight is 390 g/mol. The quantitative estimate of drug-likeness (QED) is 0.183. The molecule has 10 nitrogen and oxygen atoms in total. The molecule has 0 radical (unpaired) electrons. The Morgan fingerprint density at radius 3 is 2.07 bits per heavy atom. The maximum Gasteiger partial charge on any atom is 0.258 e. The predicted octanol–water partition coefficient (Wildman–Crippen LogP) is -2.80. The van der Waals surface area contributed by atoms with E-state index in [0.29, 0.717) is 6.42 Å². The fourth-order valence-electron chi connectivity index (χ4n) is 2.15. The highest BCUT2D eigenvalue weighted by molar-refractivity contribution is 6.00. The molecule has 1 unspecified atom stereocenters. The van der Waals surface area contributed by atoms with Gasteiger partial charge in [0.1, 0.15) is 18.3 Å². The zero-order valence-corrected chi connectivity index (χ0v) is 15.6. The summed E-state index contributed by atoms with van der Waals surface area (Å²) in [6.07, 6.45) is -4.46. The molecule has 0 spiro atoms. The molecule has 10 heteroatoms. The Morgan fingerprint density at radius 2 is 1.59 bits per heavy atom. The minimum Gasteiger partial charge on any atom is -0.394 e. The number of aliphatic hydroxyl groups excluding tert-OH is 5. The van der Waals surface area contributed by atoms with Gasteiger partial charge in [-0.15, -0.1) is 0 Å². The Morgan fingerprint density at radius 1 is 1.04 bits per heavy atom. The van der Waals surface area contributed by atoms with Crippen LogP contribution in [0.3, 0.4) is 0 Å². The van der Waals surface area contributed by atoms with Gasteiger partial charge in [-0.2, -0.15) is 0 Å². The first-order chi connectivity index (χ1) is 12.5. The van der Waals surface area contributed by atoms with Gasteiger partial charge in [-0.1, -0.05) is 26.8 Å². The van der Waals surface area contributed by atoms with E-state index in [-0.39, 0.29) is 5.78 Å². The van der Waals surface area contributed by atoms with E-state index in [1.165, 1.54) is 6.08 Å². The van der Waals surface area contributed by atoms with Gasteiger partial charge in [0.05, 0.1) is 12.6 Å². The smallest absolute Gasteiger partial charge is 0.258 e. The van der Waals surface area contributed by atoms with E-state index in [4.69, 9.17) is 10.8 Å². The molecule has 0 aliphatic heterocycles. The topological polar surface area (TPSA) is 190 Å². The molecule has 0 aromatic rings. The molecule has 0 saturated heterocycles. The number of allylic oxidation sites excluding steroid dienone is 2. The number of aliphatic hydroxyl groups is 5. The first-order valence-corrected chi connectivity index (χ1v) is 8.63. The summed E-state index contributed by atoms with van der Waals surface area (Å²) < 4.78 is 0. The van der Waals surface area contributed by atoms with Crippen LogP contribution in [0.15, 0.2) is 12.2 Å². The largest absolute Gasteiger partial charge is 0.394 e. The number of amides is 2. The number of carbonyl (C=O) groups excluding carboxylic acids is 3. The Labute approximate surface area is 157 Å². The predicted molar refractivity (Wildman–Crippen MR) is 95.0 cm³/mol. The number of carbonyl (C=O) groups is 3. The Kier molecular flexibility index (Phi) is 11.2. The first-order valence-electron chi connectivity index (χ1n) is 8.63. The van der Waals surface area contributed by atoms with Crippen LogP contribution in [0.5, 0.6) is 0 Å². The van der Waals surface area contributed by atoms with Crippen LogP contribution in [-0.4, -0.2) is 80.2 Å². The summed E-state index contributed by atoms with van der Waals surface area (Å²) >= 11 is 0. The standard InChI is InChI=1S/C17H30N2O8/c1-4-5-6-10(21)8(2)9(3)12(18)16(26)19-17(27)15(25)14(24)13(23)11(22)7-20/h5-6,8-9,11-15,20,22-25H,4,7,18H2,1-3H3,(H,19,26,27)/t8?,9-,11+,12-,13+,14-,15+/m0/s1. The molecule has 0 fully saturated rings. The number of imide groups is 1. The van der Waals surface area contributed by atoms with E-state index in [9.17, 15) is 34.8 Å². The van der Waals surface area contributed by atoms with Crippen LogP contribution in [0.2, 0.25) is 0 Å². The van der Waals surface area contributed by atoms with E-state index in [2.05, 4.69) is 0 Å². The van der Waals surface area contributed by atoms with Crippen molar-refractivity contribution in [1.82, 2.24) is 5.32 Å². The third kappa shape index (κ3) is 7.45. The zero-order valence-electron chi connectivity index (χ0n) is 15.6. The third-order valence-corrected chi connectivity index (χ3v) is 4.39. The molecule has 156 valence electrons. The molecule has 27 heavy (non-hydrogen) atoms. The lowest BCUT2D eigenvalue weighted by molar-refractivity contribution is -0.151. The number of hydrogen-bond donors (Lipinski definition) is 7. The molecule has 0 bridgehead atoms. The maximum absolute atomic E-state index is 12.1. The molecule has 0 saturated carbocycles. The van der Waals surface area contributed by atoms with Gasteiger partial charge in [-0.3, -0.25) is 19.7 Å². The van der Waals surface area contributed by atoms with Gasteiger partial charge in [-0.25, -0.2) is 0 Å². The number of nitrogens with one attached hydrogen (secondary N) is 1. The lowest BCUT2D eigenvalue weighted by Crippen LogP contribution is -2.56. The minimum absolute atomic E-state index is 0.226. The third-order valence-electron chi connectivity index (χ3n) is 4.39. The van der Waals surface area contributed by atoms with Crippen molar-refractivity contribution in [3.05, 3.63) is 12.2 Å². The Hall–Kier alpha value is -1.69. The van der Waals surface area contributed by atoms with Gasteiger partial charge in [-0.05, 0) is 18.4 Å². The lowest BCUT2D eigenvalue weighted by Gasteiger charge is -2.26. The van der Waals surface area contributed by atoms with Crippen LogP contribution in [0.1, 0.15) is 27.2 Å². The summed E-state index contributed by atoms with van der Waals surface area (Å²) in [5.74, 6) is -3.77. The molecule has 0 aliphatic carbocycles. The van der Waals surface area contributed by atoms with E-state index in [1.54, 1.807) is 25.2 Å². The first kappa shape index (κ1) is 25.3. The van der Waals surface area contributed by atoms with Crippen LogP contribution in [0.25, 0.3) is 0 Å². The van der Waals surface area contributed by atoms with E-state index < -0.39 is 60.7 Å². The summed E-state index contributed by atoms with van der Waals surface area (Å²) in [6.45, 7) is 4.10. The molecule has 0 aliphatic rings. The fourth-order valence-corrected chi connectivity index (χ4v) is 2.15. The summed E-state index contributed by atoms with van der Waals surface area (Å²) in [5.41, 5.74) is 5.78. The van der Waals surface area contributed by atoms with Crippen molar-refractivity contribution >= 4 is 17.6 Å². The summed E-state index contributed by atoms with van der Waals surface area (Å²) in [4.78, 5) is 35.9. The minimum atomic E-state index is -2.25. The zero-order chi connectivity index (χ0) is 21.3. The summed E-state index contributed by atoms with van der Waals surface area (Å²) in [6, 6.07) is -1.25. The number of hydrogen-bond acceptors (Lipinski definition) is 9. The van der Waals surface area contributed by atoms with E-state index >= 15 is 0 Å². The van der Waals surface area contributed by atoms with E-state index in [0.717, 1.165) is 0 Å². The molecule has 2 amide bonds. The van der Waals surface area contributed by atoms with Crippen LogP contribution in [0, 0.1) is 11.8 Å². The second kappa shape index (κ2) is 11.9. The van der Waals surface area contributed by atoms with E-state index in [1.807, 2.05) is 6.92 Å². The molecule has 0 rings (SSSR count). The monoisotopic (exact) mass is 390 g/mol. The average Bonchev–Trinajstić information content (AvgIpc) is 2.67. The second-order valence-electron chi connectivity index (χ2n) is 6.42. The molecule has 0 aromatic carbocycles. The second-order valence-corrected chi connectivity index (χ2v) is 6.42. The van der Waals surface area contributed by atoms with Crippen molar-refractivity contribution in [2.45, 2.75) is 57.6 Å². The van der Waals surface area contributed by atoms with Gasteiger partial charge in [0.2, 0.25) is 5.91 Å². The van der Waals surface area contributed by atoms with Crippen molar-refractivity contribution in [3.63, 3.8) is 0 Å². The van der Waals surface area contributed by atoms with Gasteiger partial charge in [0, 0.05) is 5.92 Å². The van der Waals surface area contributed by atoms with Crippen LogP contribution >= 0.6 is 0 Å². The van der Waals surface area contributed by atoms with Crippen LogP contribution in [0.4, 0.5) is 0 Å². The maximum atomic E-state index is 12.1. The van der Waals surface area contributed by atoms with Crippen LogP contribution < -0.4 is 11.1 Å². The van der Waals surface area contributed by atoms with Crippen molar-refractivity contribution in [3.8, 4) is 0 Å². The normalized spacial score (nSPS) is 19.6. The molecular weight excluding hydrogens is 360 g/mol. The summed E-state index contributed by atoms with van der Waals surface area (Å²) in [5, 5.41) is 48.5. The van der Waals surface area contributed by atoms with Gasteiger partial charge in [0.15, 0.2) is 11.9 Å².